The van der Waals surface area contributed by atoms with Gasteiger partial charge in [-0.25, -0.2) is 0 Å². The Bertz CT molecular complexity index is 274. The predicted molar refractivity (Wildman–Crippen MR) is 54.7 cm³/mol. The molecule has 0 atom stereocenters. The molecule has 0 saturated heterocycles. The second-order valence-corrected chi connectivity index (χ2v) is 2.73. The van der Waals surface area contributed by atoms with Crippen LogP contribution in [0, 0.1) is 0 Å². The molecule has 0 aliphatic rings. The quantitative estimate of drug-likeness (QED) is 0.555. The first-order valence-corrected chi connectivity index (χ1v) is 4.32. The highest BCUT2D eigenvalue weighted by atomic mass is 32.1. The van der Waals surface area contributed by atoms with Crippen molar-refractivity contribution in [2.45, 2.75) is 0 Å². The summed E-state index contributed by atoms with van der Waals surface area (Å²) in [6.07, 6.45) is 4.77. The van der Waals surface area contributed by atoms with E-state index in [-0.39, 0.29) is 0 Å². The summed E-state index contributed by atoms with van der Waals surface area (Å²) in [7, 11) is 0. The van der Waals surface area contributed by atoms with Gasteiger partial charge in [0, 0.05) is 11.3 Å². The van der Waals surface area contributed by atoms with Gasteiger partial charge in [0.05, 0.1) is 0 Å². The molecule has 0 saturated carbocycles. The van der Waals surface area contributed by atoms with Crippen molar-refractivity contribution in [1.29, 1.82) is 0 Å². The molecular weight excluding hydrogens is 168 g/mol. The van der Waals surface area contributed by atoms with Gasteiger partial charge in [-0.15, -0.1) is 0 Å². The van der Waals surface area contributed by atoms with E-state index in [1.54, 1.807) is 12.1 Å². The third kappa shape index (κ3) is 2.55. The number of thiol groups is 1. The number of carbonyl (C=O) groups is 1. The smallest absolute Gasteiger partial charge is 0.150 e. The average molecular weight is 178 g/mol. The Hall–Kier alpha value is -1.02. The minimum Gasteiger partial charge on any atom is -0.298 e. The lowest BCUT2D eigenvalue weighted by atomic mass is 10.1. The molecule has 1 aromatic carbocycles. The van der Waals surface area contributed by atoms with Crippen molar-refractivity contribution in [2.75, 3.05) is 5.75 Å². The number of carbonyl (C=O) groups excluding carboxylic acids is 1. The van der Waals surface area contributed by atoms with Crippen LogP contribution in [0.5, 0.6) is 0 Å². The molecule has 0 N–H and O–H groups in total. The molecule has 0 aliphatic carbocycles. The van der Waals surface area contributed by atoms with E-state index in [1.807, 2.05) is 24.3 Å². The zero-order chi connectivity index (χ0) is 8.81. The van der Waals surface area contributed by atoms with Gasteiger partial charge in [-0.1, -0.05) is 36.4 Å². The third-order valence-corrected chi connectivity index (χ3v) is 1.70. The molecule has 62 valence electrons. The molecule has 1 rings (SSSR count). The highest BCUT2D eigenvalue weighted by Crippen LogP contribution is 2.04. The monoisotopic (exact) mass is 178 g/mol. The summed E-state index contributed by atoms with van der Waals surface area (Å²) in [5.74, 6) is 0.732. The maximum absolute atomic E-state index is 10.3. The fraction of sp³-hybridized carbons (Fsp3) is 0.100. The van der Waals surface area contributed by atoms with E-state index in [4.69, 9.17) is 0 Å². The van der Waals surface area contributed by atoms with Gasteiger partial charge in [0.15, 0.2) is 0 Å². The number of benzene rings is 1. The Morgan fingerprint density at radius 3 is 2.25 bits per heavy atom. The number of hydrogen-bond acceptors (Lipinski definition) is 2. The normalized spacial score (nSPS) is 10.4. The van der Waals surface area contributed by atoms with Crippen LogP contribution in [0.1, 0.15) is 15.9 Å². The summed E-state index contributed by atoms with van der Waals surface area (Å²) >= 11 is 4.05. The first-order chi connectivity index (χ1) is 5.86. The van der Waals surface area contributed by atoms with Crippen molar-refractivity contribution < 1.29 is 4.79 Å². The lowest BCUT2D eigenvalue weighted by molar-refractivity contribution is 0.112. The maximum Gasteiger partial charge on any atom is 0.150 e. The highest BCUT2D eigenvalue weighted by molar-refractivity contribution is 7.80. The van der Waals surface area contributed by atoms with Crippen molar-refractivity contribution in [3.63, 3.8) is 0 Å². The Kier molecular flexibility index (Phi) is 3.61. The summed E-state index contributed by atoms with van der Waals surface area (Å²) < 4.78 is 0. The van der Waals surface area contributed by atoms with Gasteiger partial charge in [0.25, 0.3) is 0 Å². The minimum atomic E-state index is 0.707. The highest BCUT2D eigenvalue weighted by Gasteiger charge is 1.88. The van der Waals surface area contributed by atoms with E-state index in [0.717, 1.165) is 17.6 Å². The van der Waals surface area contributed by atoms with Crippen LogP contribution in [0.25, 0.3) is 6.08 Å². The van der Waals surface area contributed by atoms with Crippen molar-refractivity contribution >= 4 is 25.0 Å². The van der Waals surface area contributed by atoms with Gasteiger partial charge in [-0.05, 0) is 5.56 Å². The van der Waals surface area contributed by atoms with Crippen molar-refractivity contribution in [2.24, 2.45) is 0 Å². The molecular formula is C10H10OS. The van der Waals surface area contributed by atoms with E-state index in [2.05, 4.69) is 12.6 Å². The molecule has 1 aromatic rings. The van der Waals surface area contributed by atoms with Crippen molar-refractivity contribution in [1.82, 2.24) is 0 Å². The van der Waals surface area contributed by atoms with E-state index in [1.165, 1.54) is 0 Å². The Labute approximate surface area is 77.5 Å². The summed E-state index contributed by atoms with van der Waals surface area (Å²) in [5.41, 5.74) is 1.80. The van der Waals surface area contributed by atoms with Crippen LogP contribution >= 0.6 is 12.6 Å². The SMILES string of the molecule is O=Cc1ccc(C=CCS)cc1. The third-order valence-electron chi connectivity index (χ3n) is 1.49. The average Bonchev–Trinajstić information content (AvgIpc) is 2.15. The molecule has 0 amide bonds. The molecule has 1 nitrogen and oxygen atoms in total. The first kappa shape index (κ1) is 9.07. The van der Waals surface area contributed by atoms with Crippen LogP contribution in [0.4, 0.5) is 0 Å². The van der Waals surface area contributed by atoms with Crippen LogP contribution in [-0.4, -0.2) is 12.0 Å². The number of aldehydes is 1. The van der Waals surface area contributed by atoms with E-state index in [0.29, 0.717) is 5.56 Å². The van der Waals surface area contributed by atoms with E-state index < -0.39 is 0 Å². The number of hydrogen-bond donors (Lipinski definition) is 1. The molecule has 0 fully saturated rings. The Morgan fingerprint density at radius 2 is 1.75 bits per heavy atom. The molecule has 0 unspecified atom stereocenters. The standard InChI is InChI=1S/C10H10OS/c11-8-10-5-3-9(4-6-10)2-1-7-12/h1-6,8,12H,7H2. The van der Waals surface area contributed by atoms with Gasteiger partial charge in [-0.3, -0.25) is 4.79 Å². The van der Waals surface area contributed by atoms with Crippen molar-refractivity contribution in [3.8, 4) is 0 Å². The molecule has 0 radical (unpaired) electrons. The van der Waals surface area contributed by atoms with Gasteiger partial charge in [-0.2, -0.15) is 12.6 Å². The topological polar surface area (TPSA) is 17.1 Å². The van der Waals surface area contributed by atoms with Crippen LogP contribution in [-0.2, 0) is 0 Å². The fourth-order valence-electron chi connectivity index (χ4n) is 0.874. The van der Waals surface area contributed by atoms with Gasteiger partial charge in [0.1, 0.15) is 6.29 Å². The molecule has 0 bridgehead atoms. The maximum atomic E-state index is 10.3. The van der Waals surface area contributed by atoms with Crippen LogP contribution in [0.15, 0.2) is 30.3 Å². The largest absolute Gasteiger partial charge is 0.298 e. The minimum absolute atomic E-state index is 0.707. The molecule has 0 heterocycles. The molecule has 12 heavy (non-hydrogen) atoms. The van der Waals surface area contributed by atoms with Crippen LogP contribution < -0.4 is 0 Å². The fourth-order valence-corrected chi connectivity index (χ4v) is 0.980. The summed E-state index contributed by atoms with van der Waals surface area (Å²) in [6.45, 7) is 0. The summed E-state index contributed by atoms with van der Waals surface area (Å²) in [6, 6.07) is 7.41. The lowest BCUT2D eigenvalue weighted by Crippen LogP contribution is -1.78. The molecule has 0 spiro atoms. The Morgan fingerprint density at radius 1 is 1.17 bits per heavy atom. The van der Waals surface area contributed by atoms with Crippen molar-refractivity contribution in [3.05, 3.63) is 41.5 Å². The lowest BCUT2D eigenvalue weighted by Gasteiger charge is -1.92. The molecule has 0 aromatic heterocycles. The molecule has 2 heteroatoms. The van der Waals surface area contributed by atoms with E-state index >= 15 is 0 Å². The van der Waals surface area contributed by atoms with Gasteiger partial charge < -0.3 is 0 Å². The number of rotatable bonds is 3. The summed E-state index contributed by atoms with van der Waals surface area (Å²) in [4.78, 5) is 10.3. The second kappa shape index (κ2) is 4.78. The zero-order valence-corrected chi connectivity index (χ0v) is 7.50. The molecule has 0 aliphatic heterocycles. The van der Waals surface area contributed by atoms with Crippen LogP contribution in [0.2, 0.25) is 0 Å². The Balaban J connectivity index is 2.77. The predicted octanol–water partition coefficient (Wildman–Crippen LogP) is 2.44. The first-order valence-electron chi connectivity index (χ1n) is 3.69. The van der Waals surface area contributed by atoms with Gasteiger partial charge in [0.2, 0.25) is 0 Å². The van der Waals surface area contributed by atoms with E-state index in [9.17, 15) is 4.79 Å². The van der Waals surface area contributed by atoms with Gasteiger partial charge >= 0.3 is 0 Å². The zero-order valence-electron chi connectivity index (χ0n) is 6.60. The summed E-state index contributed by atoms with van der Waals surface area (Å²) in [5, 5.41) is 0. The second-order valence-electron chi connectivity index (χ2n) is 2.37. The van der Waals surface area contributed by atoms with Crippen LogP contribution in [0.3, 0.4) is 0 Å².